The molecule has 3 rings (SSSR count). The van der Waals surface area contributed by atoms with E-state index in [1.807, 2.05) is 13.0 Å². The Morgan fingerprint density at radius 3 is 2.85 bits per heavy atom. The molecule has 2 aliphatic heterocycles. The SMILES string of the molecule is CCOc1ccc2c(c1)CCN(C(=NCC1CCS(=O)(=O)C1)NC(C)C)C2. The average molecular weight is 394 g/mol. The lowest BCUT2D eigenvalue weighted by Crippen LogP contribution is -2.46. The summed E-state index contributed by atoms with van der Waals surface area (Å²) in [7, 11) is -2.86. The first-order valence-electron chi connectivity index (χ1n) is 9.87. The fourth-order valence-electron chi connectivity index (χ4n) is 3.69. The van der Waals surface area contributed by atoms with Crippen LogP contribution in [0.15, 0.2) is 23.2 Å². The van der Waals surface area contributed by atoms with Gasteiger partial charge in [0, 0.05) is 25.7 Å². The molecule has 1 atom stereocenters. The monoisotopic (exact) mass is 393 g/mol. The summed E-state index contributed by atoms with van der Waals surface area (Å²) in [6.07, 6.45) is 1.68. The van der Waals surface area contributed by atoms with Gasteiger partial charge < -0.3 is 15.0 Å². The first-order chi connectivity index (χ1) is 12.9. The minimum atomic E-state index is -2.86. The van der Waals surface area contributed by atoms with Crippen molar-refractivity contribution in [3.63, 3.8) is 0 Å². The summed E-state index contributed by atoms with van der Waals surface area (Å²) < 4.78 is 29.0. The van der Waals surface area contributed by atoms with Crippen molar-refractivity contribution in [2.24, 2.45) is 10.9 Å². The number of hydrogen-bond donors (Lipinski definition) is 1. The molecule has 1 saturated heterocycles. The normalized spacial score (nSPS) is 22.0. The maximum atomic E-state index is 11.7. The smallest absolute Gasteiger partial charge is 0.194 e. The number of fused-ring (bicyclic) bond motifs is 1. The second kappa shape index (κ2) is 8.50. The predicted molar refractivity (Wildman–Crippen MR) is 109 cm³/mol. The van der Waals surface area contributed by atoms with E-state index < -0.39 is 9.84 Å². The van der Waals surface area contributed by atoms with E-state index in [4.69, 9.17) is 9.73 Å². The Balaban J connectivity index is 1.71. The number of nitrogens with zero attached hydrogens (tertiary/aromatic N) is 2. The molecule has 7 heteroatoms. The van der Waals surface area contributed by atoms with Crippen LogP contribution in [0.5, 0.6) is 5.75 Å². The minimum Gasteiger partial charge on any atom is -0.494 e. The largest absolute Gasteiger partial charge is 0.494 e. The third kappa shape index (κ3) is 5.37. The van der Waals surface area contributed by atoms with Gasteiger partial charge in [0.25, 0.3) is 0 Å². The van der Waals surface area contributed by atoms with Crippen molar-refractivity contribution in [1.82, 2.24) is 10.2 Å². The van der Waals surface area contributed by atoms with Crippen LogP contribution in [0.4, 0.5) is 0 Å². The minimum absolute atomic E-state index is 0.143. The van der Waals surface area contributed by atoms with Crippen LogP contribution in [0.3, 0.4) is 0 Å². The van der Waals surface area contributed by atoms with Gasteiger partial charge in [0.1, 0.15) is 5.75 Å². The Labute approximate surface area is 162 Å². The molecule has 27 heavy (non-hydrogen) atoms. The molecule has 0 saturated carbocycles. The first kappa shape index (κ1) is 20.0. The van der Waals surface area contributed by atoms with Crippen molar-refractivity contribution in [2.45, 2.75) is 46.2 Å². The van der Waals surface area contributed by atoms with E-state index in [0.29, 0.717) is 18.9 Å². The van der Waals surface area contributed by atoms with E-state index in [9.17, 15) is 8.42 Å². The summed E-state index contributed by atoms with van der Waals surface area (Å²) in [5.41, 5.74) is 2.63. The predicted octanol–water partition coefficient (Wildman–Crippen LogP) is 2.23. The fraction of sp³-hybridized carbons (Fsp3) is 0.650. The van der Waals surface area contributed by atoms with Crippen LogP contribution in [0.1, 0.15) is 38.3 Å². The Hall–Kier alpha value is -1.76. The van der Waals surface area contributed by atoms with Crippen molar-refractivity contribution in [1.29, 1.82) is 0 Å². The molecule has 2 heterocycles. The van der Waals surface area contributed by atoms with Crippen LogP contribution in [-0.4, -0.2) is 56.5 Å². The van der Waals surface area contributed by atoms with Crippen LogP contribution >= 0.6 is 0 Å². The van der Waals surface area contributed by atoms with E-state index in [-0.39, 0.29) is 17.7 Å². The molecule has 1 fully saturated rings. The molecule has 0 aromatic heterocycles. The van der Waals surface area contributed by atoms with Gasteiger partial charge in [-0.2, -0.15) is 0 Å². The van der Waals surface area contributed by atoms with Gasteiger partial charge in [-0.15, -0.1) is 0 Å². The highest BCUT2D eigenvalue weighted by Gasteiger charge is 2.28. The van der Waals surface area contributed by atoms with Gasteiger partial charge in [-0.1, -0.05) is 6.07 Å². The van der Waals surface area contributed by atoms with Crippen LogP contribution in [0, 0.1) is 5.92 Å². The molecule has 1 aromatic rings. The van der Waals surface area contributed by atoms with Crippen LogP contribution in [0.25, 0.3) is 0 Å². The van der Waals surface area contributed by atoms with E-state index in [0.717, 1.165) is 37.6 Å². The van der Waals surface area contributed by atoms with Gasteiger partial charge in [0.2, 0.25) is 0 Å². The molecule has 0 bridgehead atoms. The third-order valence-corrected chi connectivity index (χ3v) is 6.88. The highest BCUT2D eigenvalue weighted by Crippen LogP contribution is 2.24. The summed E-state index contributed by atoms with van der Waals surface area (Å²) in [5, 5.41) is 3.46. The van der Waals surface area contributed by atoms with Crippen LogP contribution in [-0.2, 0) is 22.8 Å². The summed E-state index contributed by atoms with van der Waals surface area (Å²) in [6.45, 7) is 9.14. The number of benzene rings is 1. The van der Waals surface area contributed by atoms with Gasteiger partial charge >= 0.3 is 0 Å². The number of ether oxygens (including phenoxy) is 1. The number of hydrogen-bond acceptors (Lipinski definition) is 4. The lowest BCUT2D eigenvalue weighted by atomic mass is 9.99. The van der Waals surface area contributed by atoms with Crippen molar-refractivity contribution >= 4 is 15.8 Å². The van der Waals surface area contributed by atoms with Gasteiger partial charge in [-0.05, 0) is 62.8 Å². The highest BCUT2D eigenvalue weighted by molar-refractivity contribution is 7.91. The topological polar surface area (TPSA) is 71.0 Å². The van der Waals surface area contributed by atoms with Crippen LogP contribution < -0.4 is 10.1 Å². The molecule has 2 aliphatic rings. The molecule has 0 spiro atoms. The number of nitrogens with one attached hydrogen (secondary N) is 1. The molecule has 0 aliphatic carbocycles. The molecular weight excluding hydrogens is 362 g/mol. The number of sulfone groups is 1. The van der Waals surface area contributed by atoms with E-state index in [2.05, 4.69) is 36.2 Å². The van der Waals surface area contributed by atoms with E-state index in [1.165, 1.54) is 11.1 Å². The third-order valence-electron chi connectivity index (χ3n) is 5.04. The second-order valence-electron chi connectivity index (χ2n) is 7.77. The lowest BCUT2D eigenvalue weighted by Gasteiger charge is -2.33. The van der Waals surface area contributed by atoms with Crippen molar-refractivity contribution in [2.75, 3.05) is 31.2 Å². The highest BCUT2D eigenvalue weighted by atomic mass is 32.2. The quantitative estimate of drug-likeness (QED) is 0.614. The molecular formula is C20H31N3O3S. The molecule has 150 valence electrons. The number of rotatable bonds is 5. The zero-order chi connectivity index (χ0) is 19.4. The Bertz CT molecular complexity index is 790. The molecule has 0 amide bonds. The van der Waals surface area contributed by atoms with Crippen molar-refractivity contribution < 1.29 is 13.2 Å². The molecule has 1 unspecified atom stereocenters. The fourth-order valence-corrected chi connectivity index (χ4v) is 5.54. The van der Waals surface area contributed by atoms with Gasteiger partial charge in [0.15, 0.2) is 15.8 Å². The maximum absolute atomic E-state index is 11.7. The second-order valence-corrected chi connectivity index (χ2v) is 10.00. The van der Waals surface area contributed by atoms with Gasteiger partial charge in [-0.3, -0.25) is 4.99 Å². The summed E-state index contributed by atoms with van der Waals surface area (Å²) in [5.74, 6) is 2.54. The summed E-state index contributed by atoms with van der Waals surface area (Å²) in [6, 6.07) is 6.59. The van der Waals surface area contributed by atoms with Crippen LogP contribution in [0.2, 0.25) is 0 Å². The van der Waals surface area contributed by atoms with Crippen molar-refractivity contribution in [3.8, 4) is 5.75 Å². The van der Waals surface area contributed by atoms with E-state index >= 15 is 0 Å². The lowest BCUT2D eigenvalue weighted by molar-refractivity contribution is 0.336. The number of aliphatic imine (C=N–C) groups is 1. The van der Waals surface area contributed by atoms with Crippen molar-refractivity contribution in [3.05, 3.63) is 29.3 Å². The standard InChI is InChI=1S/C20H31N3O3S/c1-4-26-19-6-5-18-13-23(9-7-17(18)11-19)20(22-15(2)3)21-12-16-8-10-27(24,25)14-16/h5-6,11,15-16H,4,7-10,12-14H2,1-3H3,(H,21,22). The number of guanidine groups is 1. The molecule has 1 aromatic carbocycles. The summed E-state index contributed by atoms with van der Waals surface area (Å²) in [4.78, 5) is 7.07. The maximum Gasteiger partial charge on any atom is 0.194 e. The summed E-state index contributed by atoms with van der Waals surface area (Å²) >= 11 is 0. The zero-order valence-electron chi connectivity index (χ0n) is 16.6. The molecule has 0 radical (unpaired) electrons. The van der Waals surface area contributed by atoms with Gasteiger partial charge in [-0.25, -0.2) is 8.42 Å². The Morgan fingerprint density at radius 2 is 2.19 bits per heavy atom. The molecule has 6 nitrogen and oxygen atoms in total. The average Bonchev–Trinajstić information content (AvgIpc) is 2.97. The first-order valence-corrected chi connectivity index (χ1v) is 11.7. The molecule has 1 N–H and O–H groups in total. The van der Waals surface area contributed by atoms with Gasteiger partial charge in [0.05, 0.1) is 18.1 Å². The Kier molecular flexibility index (Phi) is 6.29. The Morgan fingerprint density at radius 1 is 1.37 bits per heavy atom. The van der Waals surface area contributed by atoms with E-state index in [1.54, 1.807) is 0 Å². The zero-order valence-corrected chi connectivity index (χ0v) is 17.4.